The Labute approximate surface area is 107 Å². The van der Waals surface area contributed by atoms with Crippen LogP contribution >= 0.6 is 0 Å². The zero-order valence-electron chi connectivity index (χ0n) is 11.1. The van der Waals surface area contributed by atoms with Crippen LogP contribution in [0.5, 0.6) is 0 Å². The van der Waals surface area contributed by atoms with Crippen molar-refractivity contribution in [3.8, 4) is 0 Å². The molecular weight excluding hydrogens is 226 g/mol. The second-order valence-electron chi connectivity index (χ2n) is 5.05. The van der Waals surface area contributed by atoms with Gasteiger partial charge in [0.15, 0.2) is 0 Å². The normalized spacial score (nSPS) is 14.9. The van der Waals surface area contributed by atoms with E-state index < -0.39 is 5.60 Å². The first-order chi connectivity index (χ1) is 8.57. The predicted molar refractivity (Wildman–Crippen MR) is 73.4 cm³/mol. The fourth-order valence-corrected chi connectivity index (χ4v) is 2.12. The van der Waals surface area contributed by atoms with Crippen molar-refractivity contribution < 1.29 is 5.11 Å². The summed E-state index contributed by atoms with van der Waals surface area (Å²) in [5.74, 6) is 1.02. The summed E-state index contributed by atoms with van der Waals surface area (Å²) in [7, 11) is 0. The molecule has 4 nitrogen and oxygen atoms in total. The zero-order chi connectivity index (χ0) is 13.2. The number of nitrogens with two attached hydrogens (primary N) is 1. The van der Waals surface area contributed by atoms with Gasteiger partial charge < -0.3 is 15.4 Å². The molecule has 2 aromatic rings. The fraction of sp³-hybridized carbons (Fsp3) is 0.500. The summed E-state index contributed by atoms with van der Waals surface area (Å²) in [6, 6.07) is 8.01. The van der Waals surface area contributed by atoms with E-state index in [0.717, 1.165) is 29.7 Å². The van der Waals surface area contributed by atoms with Crippen LogP contribution in [0.4, 0.5) is 0 Å². The van der Waals surface area contributed by atoms with Gasteiger partial charge in [-0.25, -0.2) is 4.98 Å². The number of hydrogen-bond acceptors (Lipinski definition) is 3. The highest BCUT2D eigenvalue weighted by Crippen LogP contribution is 2.19. The Bertz CT molecular complexity index is 531. The van der Waals surface area contributed by atoms with Crippen LogP contribution in [0, 0.1) is 0 Å². The van der Waals surface area contributed by atoms with Crippen LogP contribution in [0.2, 0.25) is 0 Å². The van der Waals surface area contributed by atoms with Crippen molar-refractivity contribution in [1.29, 1.82) is 0 Å². The topological polar surface area (TPSA) is 64.1 Å². The summed E-state index contributed by atoms with van der Waals surface area (Å²) < 4.78 is 2.09. The Morgan fingerprint density at radius 3 is 2.78 bits per heavy atom. The molecule has 4 heteroatoms. The molecule has 0 aliphatic carbocycles. The number of rotatable bonds is 5. The number of aryl methyl sites for hydroxylation is 1. The molecule has 0 aliphatic rings. The van der Waals surface area contributed by atoms with Gasteiger partial charge in [-0.2, -0.15) is 0 Å². The average Bonchev–Trinajstić information content (AvgIpc) is 2.68. The third kappa shape index (κ3) is 2.54. The van der Waals surface area contributed by atoms with E-state index in [1.54, 1.807) is 6.92 Å². The number of hydrogen-bond donors (Lipinski definition) is 2. The van der Waals surface area contributed by atoms with Gasteiger partial charge in [0.25, 0.3) is 0 Å². The van der Waals surface area contributed by atoms with Gasteiger partial charge in [-0.3, -0.25) is 0 Å². The van der Waals surface area contributed by atoms with E-state index in [-0.39, 0.29) is 6.54 Å². The quantitative estimate of drug-likeness (QED) is 0.845. The first kappa shape index (κ1) is 13.1. The minimum absolute atomic E-state index is 0.241. The summed E-state index contributed by atoms with van der Waals surface area (Å²) in [5, 5.41) is 10.2. The Morgan fingerprint density at radius 2 is 2.11 bits per heavy atom. The molecule has 1 unspecified atom stereocenters. The van der Waals surface area contributed by atoms with Crippen molar-refractivity contribution in [1.82, 2.24) is 9.55 Å². The van der Waals surface area contributed by atoms with Crippen LogP contribution < -0.4 is 5.73 Å². The van der Waals surface area contributed by atoms with Crippen LogP contribution in [-0.2, 0) is 13.0 Å². The van der Waals surface area contributed by atoms with E-state index in [2.05, 4.69) is 16.5 Å². The van der Waals surface area contributed by atoms with Gasteiger partial charge in [0.1, 0.15) is 5.82 Å². The van der Waals surface area contributed by atoms with Crippen molar-refractivity contribution in [2.75, 3.05) is 6.54 Å². The minimum atomic E-state index is -0.897. The monoisotopic (exact) mass is 247 g/mol. The summed E-state index contributed by atoms with van der Waals surface area (Å²) in [6.45, 7) is 4.62. The van der Waals surface area contributed by atoms with E-state index in [4.69, 9.17) is 5.73 Å². The molecule has 0 fully saturated rings. The molecule has 0 radical (unpaired) electrons. The highest BCUT2D eigenvalue weighted by molar-refractivity contribution is 5.75. The van der Waals surface area contributed by atoms with Crippen molar-refractivity contribution in [3.05, 3.63) is 30.1 Å². The number of benzene rings is 1. The van der Waals surface area contributed by atoms with Gasteiger partial charge in [0.2, 0.25) is 0 Å². The number of fused-ring (bicyclic) bond motifs is 1. The van der Waals surface area contributed by atoms with Crippen LogP contribution in [-0.4, -0.2) is 26.8 Å². The van der Waals surface area contributed by atoms with E-state index in [9.17, 15) is 5.11 Å². The van der Waals surface area contributed by atoms with Gasteiger partial charge >= 0.3 is 0 Å². The molecule has 0 saturated heterocycles. The Balaban J connectivity index is 2.48. The summed E-state index contributed by atoms with van der Waals surface area (Å²) >= 11 is 0. The first-order valence-corrected chi connectivity index (χ1v) is 6.44. The van der Waals surface area contributed by atoms with E-state index in [0.29, 0.717) is 6.54 Å². The molecule has 2 rings (SSSR count). The molecule has 1 heterocycles. The maximum atomic E-state index is 10.2. The molecule has 1 aromatic heterocycles. The average molecular weight is 247 g/mol. The largest absolute Gasteiger partial charge is 0.387 e. The van der Waals surface area contributed by atoms with E-state index in [1.807, 2.05) is 24.3 Å². The zero-order valence-corrected chi connectivity index (χ0v) is 11.1. The molecule has 0 aliphatic heterocycles. The summed E-state index contributed by atoms with van der Waals surface area (Å²) in [5.41, 5.74) is 6.76. The van der Waals surface area contributed by atoms with Crippen molar-refractivity contribution in [2.45, 2.75) is 38.8 Å². The standard InChI is InChI=1S/C14H21N3O/c1-3-6-13-16-11-7-4-5-8-12(11)17(13)10-14(2,18)9-15/h4-5,7-8,18H,3,6,9-10,15H2,1-2H3. The number of imidazole rings is 1. The lowest BCUT2D eigenvalue weighted by Gasteiger charge is -2.23. The van der Waals surface area contributed by atoms with Crippen LogP contribution in [0.25, 0.3) is 11.0 Å². The first-order valence-electron chi connectivity index (χ1n) is 6.44. The third-order valence-electron chi connectivity index (χ3n) is 3.15. The van der Waals surface area contributed by atoms with Gasteiger partial charge in [-0.1, -0.05) is 19.1 Å². The summed E-state index contributed by atoms with van der Waals surface area (Å²) in [4.78, 5) is 4.63. The molecule has 18 heavy (non-hydrogen) atoms. The maximum Gasteiger partial charge on any atom is 0.109 e. The minimum Gasteiger partial charge on any atom is -0.387 e. The number of para-hydroxylation sites is 2. The van der Waals surface area contributed by atoms with Gasteiger partial charge in [-0.15, -0.1) is 0 Å². The van der Waals surface area contributed by atoms with Gasteiger partial charge in [0, 0.05) is 13.0 Å². The van der Waals surface area contributed by atoms with Crippen LogP contribution in [0.1, 0.15) is 26.1 Å². The molecule has 1 aromatic carbocycles. The Hall–Kier alpha value is -1.39. The molecule has 0 amide bonds. The lowest BCUT2D eigenvalue weighted by atomic mass is 10.1. The highest BCUT2D eigenvalue weighted by Gasteiger charge is 2.22. The smallest absolute Gasteiger partial charge is 0.109 e. The fourth-order valence-electron chi connectivity index (χ4n) is 2.12. The summed E-state index contributed by atoms with van der Waals surface area (Å²) in [6.07, 6.45) is 1.95. The Morgan fingerprint density at radius 1 is 1.39 bits per heavy atom. The predicted octanol–water partition coefficient (Wildman–Crippen LogP) is 1.70. The maximum absolute atomic E-state index is 10.2. The van der Waals surface area contributed by atoms with E-state index in [1.165, 1.54) is 0 Å². The SMILES string of the molecule is CCCc1nc2ccccc2n1CC(C)(O)CN. The van der Waals surface area contributed by atoms with Gasteiger partial charge in [0.05, 0.1) is 23.2 Å². The van der Waals surface area contributed by atoms with Crippen LogP contribution in [0.15, 0.2) is 24.3 Å². The second-order valence-corrected chi connectivity index (χ2v) is 5.05. The van der Waals surface area contributed by atoms with Crippen molar-refractivity contribution >= 4 is 11.0 Å². The molecule has 0 spiro atoms. The highest BCUT2D eigenvalue weighted by atomic mass is 16.3. The van der Waals surface area contributed by atoms with E-state index >= 15 is 0 Å². The molecule has 3 N–H and O–H groups in total. The molecule has 1 atom stereocenters. The molecule has 0 saturated carbocycles. The van der Waals surface area contributed by atoms with Crippen LogP contribution in [0.3, 0.4) is 0 Å². The molecule has 98 valence electrons. The third-order valence-corrected chi connectivity index (χ3v) is 3.15. The molecular formula is C14H21N3O. The van der Waals surface area contributed by atoms with Gasteiger partial charge in [-0.05, 0) is 25.5 Å². The number of aromatic nitrogens is 2. The number of aliphatic hydroxyl groups is 1. The molecule has 0 bridgehead atoms. The Kier molecular flexibility index (Phi) is 3.68. The van der Waals surface area contributed by atoms with Crippen molar-refractivity contribution in [2.24, 2.45) is 5.73 Å². The van der Waals surface area contributed by atoms with Crippen molar-refractivity contribution in [3.63, 3.8) is 0 Å². The second kappa shape index (κ2) is 5.08. The number of nitrogens with zero attached hydrogens (tertiary/aromatic N) is 2. The lowest BCUT2D eigenvalue weighted by molar-refractivity contribution is 0.0510. The lowest BCUT2D eigenvalue weighted by Crippen LogP contribution is -2.39.